The van der Waals surface area contributed by atoms with E-state index >= 15 is 0 Å². The first-order chi connectivity index (χ1) is 16.6. The van der Waals surface area contributed by atoms with Gasteiger partial charge in [-0.3, -0.25) is 9.78 Å². The molecule has 0 bridgehead atoms. The average Bonchev–Trinajstić information content (AvgIpc) is 2.79. The first-order valence-electron chi connectivity index (χ1n) is 10.8. The molecule has 1 aliphatic rings. The van der Waals surface area contributed by atoms with Crippen molar-refractivity contribution in [2.45, 2.75) is 44.0 Å². The van der Waals surface area contributed by atoms with E-state index in [0.717, 1.165) is 43.5 Å². The van der Waals surface area contributed by atoms with Gasteiger partial charge in [-0.25, -0.2) is 13.8 Å². The zero-order chi connectivity index (χ0) is 25.2. The van der Waals surface area contributed by atoms with Gasteiger partial charge in [0.2, 0.25) is 0 Å². The summed E-state index contributed by atoms with van der Waals surface area (Å²) in [6.07, 6.45) is 0.845. The summed E-state index contributed by atoms with van der Waals surface area (Å²) in [5.74, 6) is -3.09. The smallest absolute Gasteiger partial charge is 0.418 e. The molecule has 35 heavy (non-hydrogen) atoms. The summed E-state index contributed by atoms with van der Waals surface area (Å²) in [6.45, 7) is 0. The topological polar surface area (TPSA) is 90.1 Å². The molecular weight excluding hydrogens is 471 g/mol. The Morgan fingerprint density at radius 3 is 2.51 bits per heavy atom. The van der Waals surface area contributed by atoms with E-state index in [2.05, 4.69) is 15.3 Å². The molecule has 0 saturated heterocycles. The third-order valence-electron chi connectivity index (χ3n) is 5.62. The van der Waals surface area contributed by atoms with E-state index in [0.29, 0.717) is 18.2 Å². The number of ether oxygens (including phenoxy) is 1. The van der Waals surface area contributed by atoms with Crippen molar-refractivity contribution < 1.29 is 31.5 Å². The number of anilines is 1. The number of nitrogens with one attached hydrogen (secondary N) is 1. The molecule has 0 radical (unpaired) electrons. The standard InChI is InChI=1S/C24H21F5N4O2/c25-16-5-2-6-17(26)21(16)22-15(24(27,28)29)7-8-18(32-22)23(34)33-19-12-31-10-9-20(19)35-14-4-1-3-13(30)11-14/h2,5-10,12-14H,1,3-4,11,30H2,(H,33,34). The molecular formula is C24H21F5N4O2. The van der Waals surface area contributed by atoms with Crippen LogP contribution in [0, 0.1) is 11.6 Å². The molecule has 4 rings (SSSR count). The van der Waals surface area contributed by atoms with Gasteiger partial charge in [-0.05, 0) is 49.9 Å². The summed E-state index contributed by atoms with van der Waals surface area (Å²) in [5, 5.41) is 2.50. The first kappa shape index (κ1) is 24.5. The van der Waals surface area contributed by atoms with Gasteiger partial charge in [-0.2, -0.15) is 13.2 Å². The minimum atomic E-state index is -4.96. The highest BCUT2D eigenvalue weighted by atomic mass is 19.4. The molecule has 2 atom stereocenters. The molecule has 6 nitrogen and oxygen atoms in total. The number of amides is 1. The van der Waals surface area contributed by atoms with Gasteiger partial charge in [0.05, 0.1) is 23.0 Å². The minimum Gasteiger partial charge on any atom is -0.488 e. The fourth-order valence-corrected chi connectivity index (χ4v) is 3.96. The van der Waals surface area contributed by atoms with Crippen LogP contribution in [-0.2, 0) is 6.18 Å². The van der Waals surface area contributed by atoms with Gasteiger partial charge in [-0.1, -0.05) is 6.07 Å². The maximum atomic E-state index is 14.3. The quantitative estimate of drug-likeness (QED) is 0.469. The second-order valence-corrected chi connectivity index (χ2v) is 8.18. The van der Waals surface area contributed by atoms with Crippen molar-refractivity contribution in [1.29, 1.82) is 0 Å². The zero-order valence-electron chi connectivity index (χ0n) is 18.3. The molecule has 1 saturated carbocycles. The van der Waals surface area contributed by atoms with E-state index in [1.807, 2.05) is 0 Å². The lowest BCUT2D eigenvalue weighted by Crippen LogP contribution is -2.33. The third kappa shape index (κ3) is 5.56. The number of halogens is 5. The van der Waals surface area contributed by atoms with Gasteiger partial charge in [-0.15, -0.1) is 0 Å². The maximum Gasteiger partial charge on any atom is 0.418 e. The Morgan fingerprint density at radius 2 is 1.83 bits per heavy atom. The van der Waals surface area contributed by atoms with E-state index in [4.69, 9.17) is 10.5 Å². The van der Waals surface area contributed by atoms with Crippen LogP contribution in [0.4, 0.5) is 27.6 Å². The Labute approximate surface area is 197 Å². The highest BCUT2D eigenvalue weighted by Gasteiger charge is 2.36. The van der Waals surface area contributed by atoms with Crippen LogP contribution >= 0.6 is 0 Å². The van der Waals surface area contributed by atoms with Crippen molar-refractivity contribution >= 4 is 11.6 Å². The van der Waals surface area contributed by atoms with E-state index in [1.54, 1.807) is 0 Å². The molecule has 2 aromatic heterocycles. The molecule has 0 aliphatic heterocycles. The number of benzene rings is 1. The van der Waals surface area contributed by atoms with Gasteiger partial charge in [0.15, 0.2) is 0 Å². The highest BCUT2D eigenvalue weighted by molar-refractivity contribution is 6.04. The van der Waals surface area contributed by atoms with Crippen molar-refractivity contribution in [1.82, 2.24) is 9.97 Å². The van der Waals surface area contributed by atoms with Crippen LogP contribution in [-0.4, -0.2) is 28.0 Å². The molecule has 2 heterocycles. The van der Waals surface area contributed by atoms with Gasteiger partial charge in [0.1, 0.15) is 34.9 Å². The SMILES string of the molecule is NC1CCCC(Oc2ccncc2NC(=O)c2ccc(C(F)(F)F)c(-c3c(F)cccc3F)n2)C1. The molecule has 0 spiro atoms. The van der Waals surface area contributed by atoms with Crippen molar-refractivity contribution in [3.8, 4) is 17.0 Å². The summed E-state index contributed by atoms with van der Waals surface area (Å²) in [6, 6.07) is 5.57. The summed E-state index contributed by atoms with van der Waals surface area (Å²) in [5.41, 5.74) is 2.29. The molecule has 3 aromatic rings. The predicted molar refractivity (Wildman–Crippen MR) is 118 cm³/mol. The highest BCUT2D eigenvalue weighted by Crippen LogP contribution is 2.38. The second kappa shape index (κ2) is 9.95. The Morgan fingerprint density at radius 1 is 1.09 bits per heavy atom. The Hall–Kier alpha value is -3.60. The number of carbonyl (C=O) groups excluding carboxylic acids is 1. The van der Waals surface area contributed by atoms with Gasteiger partial charge >= 0.3 is 6.18 Å². The van der Waals surface area contributed by atoms with Crippen molar-refractivity contribution in [3.63, 3.8) is 0 Å². The van der Waals surface area contributed by atoms with E-state index < -0.39 is 46.2 Å². The number of alkyl halides is 3. The number of carbonyl (C=O) groups is 1. The van der Waals surface area contributed by atoms with Crippen molar-refractivity contribution in [2.75, 3.05) is 5.32 Å². The predicted octanol–water partition coefficient (Wildman–Crippen LogP) is 5.34. The Kier molecular flexibility index (Phi) is 6.97. The lowest BCUT2D eigenvalue weighted by molar-refractivity contribution is -0.137. The third-order valence-corrected chi connectivity index (χ3v) is 5.62. The summed E-state index contributed by atoms with van der Waals surface area (Å²) in [4.78, 5) is 20.5. The fourth-order valence-electron chi connectivity index (χ4n) is 3.96. The largest absolute Gasteiger partial charge is 0.488 e. The van der Waals surface area contributed by atoms with Gasteiger partial charge in [0, 0.05) is 18.3 Å². The molecule has 11 heteroatoms. The zero-order valence-corrected chi connectivity index (χ0v) is 18.3. The molecule has 1 aliphatic carbocycles. The van der Waals surface area contributed by atoms with E-state index in [9.17, 15) is 26.7 Å². The Bertz CT molecular complexity index is 1210. The van der Waals surface area contributed by atoms with Crippen molar-refractivity contribution in [3.05, 3.63) is 71.7 Å². The van der Waals surface area contributed by atoms with Crippen LogP contribution in [0.15, 0.2) is 48.8 Å². The summed E-state index contributed by atoms with van der Waals surface area (Å²) in [7, 11) is 0. The van der Waals surface area contributed by atoms with E-state index in [-0.39, 0.29) is 17.8 Å². The number of hydrogen-bond donors (Lipinski definition) is 2. The normalized spacial score (nSPS) is 18.2. The number of pyridine rings is 2. The molecule has 1 fully saturated rings. The van der Waals surface area contributed by atoms with Crippen LogP contribution in [0.1, 0.15) is 41.7 Å². The first-order valence-corrected chi connectivity index (χ1v) is 10.8. The van der Waals surface area contributed by atoms with Crippen LogP contribution < -0.4 is 15.8 Å². The lowest BCUT2D eigenvalue weighted by Gasteiger charge is -2.28. The molecule has 1 aromatic carbocycles. The van der Waals surface area contributed by atoms with Crippen LogP contribution in [0.25, 0.3) is 11.3 Å². The second-order valence-electron chi connectivity index (χ2n) is 8.18. The van der Waals surface area contributed by atoms with Gasteiger partial charge < -0.3 is 15.8 Å². The molecule has 3 N–H and O–H groups in total. The molecule has 1 amide bonds. The van der Waals surface area contributed by atoms with Crippen LogP contribution in [0.2, 0.25) is 0 Å². The monoisotopic (exact) mass is 492 g/mol. The average molecular weight is 492 g/mol. The van der Waals surface area contributed by atoms with Crippen LogP contribution in [0.5, 0.6) is 5.75 Å². The lowest BCUT2D eigenvalue weighted by atomic mass is 9.93. The molecule has 2 unspecified atom stereocenters. The maximum absolute atomic E-state index is 14.3. The Balaban J connectivity index is 1.65. The number of nitrogens with zero attached hydrogens (tertiary/aromatic N) is 2. The van der Waals surface area contributed by atoms with Crippen molar-refractivity contribution in [2.24, 2.45) is 5.73 Å². The fraction of sp³-hybridized carbons (Fsp3) is 0.292. The van der Waals surface area contributed by atoms with Crippen LogP contribution in [0.3, 0.4) is 0 Å². The number of aromatic nitrogens is 2. The summed E-state index contributed by atoms with van der Waals surface area (Å²) >= 11 is 0. The number of rotatable bonds is 5. The van der Waals surface area contributed by atoms with E-state index in [1.165, 1.54) is 18.5 Å². The van der Waals surface area contributed by atoms with Gasteiger partial charge in [0.25, 0.3) is 5.91 Å². The molecule has 184 valence electrons. The number of nitrogens with two attached hydrogens (primary N) is 1. The summed E-state index contributed by atoms with van der Waals surface area (Å²) < 4.78 is 75.3. The number of hydrogen-bond acceptors (Lipinski definition) is 5. The minimum absolute atomic E-state index is 0.00201.